The molecule has 0 saturated carbocycles. The molecule has 1 aliphatic heterocycles. The molecule has 1 heterocycles. The van der Waals surface area contributed by atoms with Gasteiger partial charge in [0.2, 0.25) is 0 Å². The molecular formula is C17H21NO2. The lowest BCUT2D eigenvalue weighted by molar-refractivity contribution is 0.0582. The van der Waals surface area contributed by atoms with Crippen LogP contribution in [0.15, 0.2) is 24.3 Å². The second-order valence-corrected chi connectivity index (χ2v) is 5.32. The average molecular weight is 271 g/mol. The highest BCUT2D eigenvalue weighted by molar-refractivity contribution is 5.94. The zero-order chi connectivity index (χ0) is 14.4. The van der Waals surface area contributed by atoms with Gasteiger partial charge in [0.15, 0.2) is 0 Å². The Kier molecular flexibility index (Phi) is 5.20. The summed E-state index contributed by atoms with van der Waals surface area (Å²) < 4.78 is 5.38. The number of terminal acetylenes is 1. The molecule has 0 unspecified atom stereocenters. The van der Waals surface area contributed by atoms with Crippen LogP contribution < -0.4 is 0 Å². The number of hydrogen-bond donors (Lipinski definition) is 0. The van der Waals surface area contributed by atoms with Crippen LogP contribution in [0.5, 0.6) is 0 Å². The summed E-state index contributed by atoms with van der Waals surface area (Å²) in [5, 5.41) is 0. The van der Waals surface area contributed by atoms with Gasteiger partial charge in [-0.1, -0.05) is 23.6 Å². The first-order chi connectivity index (χ1) is 9.70. The van der Waals surface area contributed by atoms with Crippen LogP contribution in [0.1, 0.15) is 28.8 Å². The van der Waals surface area contributed by atoms with E-state index in [1.165, 1.54) is 5.56 Å². The maximum Gasteiger partial charge on any atom is 0.253 e. The van der Waals surface area contributed by atoms with Crippen molar-refractivity contribution < 1.29 is 9.53 Å². The van der Waals surface area contributed by atoms with Gasteiger partial charge in [-0.2, -0.15) is 0 Å². The molecule has 20 heavy (non-hydrogen) atoms. The Hall–Kier alpha value is -1.79. The Bertz CT molecular complexity index is 479. The Morgan fingerprint density at radius 3 is 2.60 bits per heavy atom. The molecule has 0 radical (unpaired) electrons. The molecule has 0 aromatic heterocycles. The van der Waals surface area contributed by atoms with Gasteiger partial charge in [0.25, 0.3) is 5.91 Å². The maximum absolute atomic E-state index is 12.3. The van der Waals surface area contributed by atoms with Crippen molar-refractivity contribution in [2.24, 2.45) is 5.92 Å². The smallest absolute Gasteiger partial charge is 0.253 e. The van der Waals surface area contributed by atoms with Gasteiger partial charge in [-0.3, -0.25) is 4.79 Å². The number of carbonyl (C=O) groups excluding carboxylic acids is 1. The molecule has 106 valence electrons. The molecule has 0 atom stereocenters. The molecule has 2 rings (SSSR count). The van der Waals surface area contributed by atoms with Crippen LogP contribution in [0.4, 0.5) is 0 Å². The fourth-order valence-corrected chi connectivity index (χ4v) is 2.47. The van der Waals surface area contributed by atoms with Gasteiger partial charge in [-0.05, 0) is 37.8 Å². The predicted octanol–water partition coefficient (Wildman–Crippen LogP) is 2.50. The quantitative estimate of drug-likeness (QED) is 0.622. The number of rotatable bonds is 4. The van der Waals surface area contributed by atoms with Crippen molar-refractivity contribution in [3.63, 3.8) is 0 Å². The van der Waals surface area contributed by atoms with Gasteiger partial charge in [0.05, 0.1) is 6.61 Å². The summed E-state index contributed by atoms with van der Waals surface area (Å²) in [7, 11) is 0. The van der Waals surface area contributed by atoms with Crippen LogP contribution in [0, 0.1) is 25.2 Å². The van der Waals surface area contributed by atoms with Crippen molar-refractivity contribution in [2.75, 3.05) is 26.3 Å². The molecule has 3 heteroatoms. The van der Waals surface area contributed by atoms with E-state index < -0.39 is 0 Å². The zero-order valence-electron chi connectivity index (χ0n) is 12.0. The zero-order valence-corrected chi connectivity index (χ0v) is 12.0. The fraction of sp³-hybridized carbons (Fsp3) is 0.471. The van der Waals surface area contributed by atoms with Crippen LogP contribution in [0.3, 0.4) is 0 Å². The van der Waals surface area contributed by atoms with Gasteiger partial charge in [-0.25, -0.2) is 0 Å². The van der Waals surface area contributed by atoms with Crippen LogP contribution >= 0.6 is 0 Å². The summed E-state index contributed by atoms with van der Waals surface area (Å²) >= 11 is 0. The molecule has 0 N–H and O–H groups in total. The van der Waals surface area contributed by atoms with Crippen molar-refractivity contribution >= 4 is 5.91 Å². The Morgan fingerprint density at radius 2 is 2.00 bits per heavy atom. The normalized spacial score (nSPS) is 15.9. The SMILES string of the molecule is C#CCOCC1CCN(C(=O)c2ccc(C)cc2)CC1. The van der Waals surface area contributed by atoms with E-state index in [0.29, 0.717) is 19.1 Å². The number of piperidine rings is 1. The molecule has 0 aliphatic carbocycles. The van der Waals surface area contributed by atoms with E-state index in [9.17, 15) is 4.79 Å². The fourth-order valence-electron chi connectivity index (χ4n) is 2.47. The number of benzene rings is 1. The summed E-state index contributed by atoms with van der Waals surface area (Å²) in [4.78, 5) is 14.3. The van der Waals surface area contributed by atoms with Gasteiger partial charge in [-0.15, -0.1) is 6.42 Å². The third-order valence-corrected chi connectivity index (χ3v) is 3.74. The summed E-state index contributed by atoms with van der Waals surface area (Å²) in [6.07, 6.45) is 7.13. The highest BCUT2D eigenvalue weighted by atomic mass is 16.5. The van der Waals surface area contributed by atoms with Gasteiger partial charge in [0.1, 0.15) is 6.61 Å². The Balaban J connectivity index is 1.83. The summed E-state index contributed by atoms with van der Waals surface area (Å²) in [6.45, 7) is 4.71. The molecule has 0 spiro atoms. The summed E-state index contributed by atoms with van der Waals surface area (Å²) in [5.41, 5.74) is 1.95. The number of ether oxygens (including phenoxy) is 1. The predicted molar refractivity (Wildman–Crippen MR) is 79.5 cm³/mol. The van der Waals surface area contributed by atoms with Gasteiger partial charge >= 0.3 is 0 Å². The number of aryl methyl sites for hydroxylation is 1. The van der Waals surface area contributed by atoms with Crippen molar-refractivity contribution in [2.45, 2.75) is 19.8 Å². The van der Waals surface area contributed by atoms with Crippen LogP contribution in [-0.4, -0.2) is 37.1 Å². The van der Waals surface area contributed by atoms with Crippen LogP contribution in [-0.2, 0) is 4.74 Å². The number of nitrogens with zero attached hydrogens (tertiary/aromatic N) is 1. The summed E-state index contributed by atoms with van der Waals surface area (Å²) in [6, 6.07) is 7.76. The lowest BCUT2D eigenvalue weighted by atomic mass is 9.97. The van der Waals surface area contributed by atoms with E-state index in [-0.39, 0.29) is 5.91 Å². The molecule has 1 aromatic carbocycles. The van der Waals surface area contributed by atoms with E-state index in [1.807, 2.05) is 36.1 Å². The highest BCUT2D eigenvalue weighted by Crippen LogP contribution is 2.19. The molecule has 1 amide bonds. The van der Waals surface area contributed by atoms with Crippen LogP contribution in [0.25, 0.3) is 0 Å². The second-order valence-electron chi connectivity index (χ2n) is 5.32. The second kappa shape index (κ2) is 7.12. The monoisotopic (exact) mass is 271 g/mol. The largest absolute Gasteiger partial charge is 0.369 e. The minimum absolute atomic E-state index is 0.132. The highest BCUT2D eigenvalue weighted by Gasteiger charge is 2.23. The van der Waals surface area contributed by atoms with Crippen LogP contribution in [0.2, 0.25) is 0 Å². The molecule has 3 nitrogen and oxygen atoms in total. The molecular weight excluding hydrogens is 250 g/mol. The number of carbonyl (C=O) groups is 1. The lowest BCUT2D eigenvalue weighted by Crippen LogP contribution is -2.39. The average Bonchev–Trinajstić information content (AvgIpc) is 2.48. The van der Waals surface area contributed by atoms with E-state index >= 15 is 0 Å². The van der Waals surface area contributed by atoms with E-state index in [0.717, 1.165) is 31.5 Å². The van der Waals surface area contributed by atoms with Gasteiger partial charge in [0, 0.05) is 18.7 Å². The number of likely N-dealkylation sites (tertiary alicyclic amines) is 1. The molecule has 1 aliphatic rings. The standard InChI is InChI=1S/C17H21NO2/c1-3-12-20-13-15-8-10-18(11-9-15)17(19)16-6-4-14(2)5-7-16/h1,4-7,15H,8-13H2,2H3. The summed E-state index contributed by atoms with van der Waals surface area (Å²) in [5.74, 6) is 3.12. The maximum atomic E-state index is 12.3. The third-order valence-electron chi connectivity index (χ3n) is 3.74. The van der Waals surface area contributed by atoms with Crippen molar-refractivity contribution in [3.05, 3.63) is 35.4 Å². The topological polar surface area (TPSA) is 29.5 Å². The molecule has 1 fully saturated rings. The molecule has 1 saturated heterocycles. The first-order valence-corrected chi connectivity index (χ1v) is 7.08. The van der Waals surface area contributed by atoms with E-state index in [4.69, 9.17) is 11.2 Å². The van der Waals surface area contributed by atoms with Crippen molar-refractivity contribution in [3.8, 4) is 12.3 Å². The minimum Gasteiger partial charge on any atom is -0.369 e. The third kappa shape index (κ3) is 3.85. The molecule has 0 bridgehead atoms. The molecule has 1 aromatic rings. The first-order valence-electron chi connectivity index (χ1n) is 7.08. The Morgan fingerprint density at radius 1 is 1.35 bits per heavy atom. The van der Waals surface area contributed by atoms with E-state index in [1.54, 1.807) is 0 Å². The minimum atomic E-state index is 0.132. The van der Waals surface area contributed by atoms with Gasteiger partial charge < -0.3 is 9.64 Å². The van der Waals surface area contributed by atoms with Crippen molar-refractivity contribution in [1.29, 1.82) is 0 Å². The first kappa shape index (κ1) is 14.6. The van der Waals surface area contributed by atoms with Crippen molar-refractivity contribution in [1.82, 2.24) is 4.90 Å². The Labute approximate surface area is 120 Å². The van der Waals surface area contributed by atoms with E-state index in [2.05, 4.69) is 5.92 Å². The lowest BCUT2D eigenvalue weighted by Gasteiger charge is -2.31. The number of hydrogen-bond acceptors (Lipinski definition) is 2. The number of amides is 1.